The van der Waals surface area contributed by atoms with Crippen molar-refractivity contribution in [2.45, 2.75) is 40.8 Å². The van der Waals surface area contributed by atoms with Crippen molar-refractivity contribution in [1.82, 2.24) is 10.3 Å². The van der Waals surface area contributed by atoms with E-state index in [2.05, 4.69) is 43.2 Å². The third-order valence-corrected chi connectivity index (χ3v) is 4.29. The zero-order valence-corrected chi connectivity index (χ0v) is 14.1. The Labute approximate surface area is 131 Å². The Morgan fingerprint density at radius 3 is 2.48 bits per heavy atom. The van der Waals surface area contributed by atoms with E-state index in [4.69, 9.17) is 4.74 Å². The quantitative estimate of drug-likeness (QED) is 0.837. The van der Waals surface area contributed by atoms with Crippen molar-refractivity contribution in [3.05, 3.63) is 45.4 Å². The van der Waals surface area contributed by atoms with E-state index < -0.39 is 0 Å². The molecule has 0 aliphatic heterocycles. The fraction of sp³-hybridized carbons (Fsp3) is 0.471. The van der Waals surface area contributed by atoms with E-state index in [1.807, 2.05) is 19.1 Å². The topological polar surface area (TPSA) is 34.1 Å². The maximum atomic E-state index is 5.79. The third-order valence-electron chi connectivity index (χ3n) is 3.24. The lowest BCUT2D eigenvalue weighted by Gasteiger charge is -2.08. The first-order valence-electron chi connectivity index (χ1n) is 7.40. The van der Waals surface area contributed by atoms with E-state index >= 15 is 0 Å². The molecule has 0 fully saturated rings. The van der Waals surface area contributed by atoms with Crippen LogP contribution in [0.15, 0.2) is 24.3 Å². The lowest BCUT2D eigenvalue weighted by atomic mass is 10.2. The minimum atomic E-state index is 0.546. The van der Waals surface area contributed by atoms with Crippen LogP contribution in [0.3, 0.4) is 0 Å². The van der Waals surface area contributed by atoms with Crippen LogP contribution in [-0.4, -0.2) is 11.5 Å². The van der Waals surface area contributed by atoms with Gasteiger partial charge in [0.15, 0.2) is 0 Å². The van der Waals surface area contributed by atoms with Gasteiger partial charge in [0.2, 0.25) is 0 Å². The van der Waals surface area contributed by atoms with Crippen LogP contribution in [0, 0.1) is 19.8 Å². The molecule has 114 valence electrons. The number of thiazole rings is 1. The van der Waals surface area contributed by atoms with Crippen LogP contribution < -0.4 is 10.1 Å². The highest BCUT2D eigenvalue weighted by Crippen LogP contribution is 2.19. The summed E-state index contributed by atoms with van der Waals surface area (Å²) >= 11 is 1.70. The smallest absolute Gasteiger partial charge is 0.140 e. The van der Waals surface area contributed by atoms with Gasteiger partial charge < -0.3 is 10.1 Å². The van der Waals surface area contributed by atoms with E-state index in [1.54, 1.807) is 11.3 Å². The molecule has 3 nitrogen and oxygen atoms in total. The molecular weight excluding hydrogens is 280 g/mol. The molecule has 1 N–H and O–H groups in total. The predicted molar refractivity (Wildman–Crippen MR) is 88.9 cm³/mol. The number of ether oxygens (including phenoxy) is 1. The highest BCUT2D eigenvalue weighted by molar-refractivity contribution is 7.11. The number of rotatable bonds is 7. The Morgan fingerprint density at radius 2 is 1.90 bits per heavy atom. The van der Waals surface area contributed by atoms with Gasteiger partial charge in [-0.25, -0.2) is 4.98 Å². The Kier molecular flexibility index (Phi) is 5.76. The molecule has 4 heteroatoms. The van der Waals surface area contributed by atoms with Crippen LogP contribution in [0.1, 0.15) is 35.0 Å². The van der Waals surface area contributed by atoms with Crippen molar-refractivity contribution in [2.24, 2.45) is 5.92 Å². The van der Waals surface area contributed by atoms with Gasteiger partial charge in [-0.2, -0.15) is 0 Å². The van der Waals surface area contributed by atoms with Gasteiger partial charge in [-0.3, -0.25) is 0 Å². The van der Waals surface area contributed by atoms with Gasteiger partial charge in [0.05, 0.1) is 5.69 Å². The number of hydrogen-bond acceptors (Lipinski definition) is 4. The van der Waals surface area contributed by atoms with E-state index in [0.717, 1.165) is 29.5 Å². The highest BCUT2D eigenvalue weighted by Gasteiger charge is 2.04. The maximum Gasteiger partial charge on any atom is 0.140 e. The summed E-state index contributed by atoms with van der Waals surface area (Å²) in [6, 6.07) is 8.28. The van der Waals surface area contributed by atoms with Gasteiger partial charge in [-0.15, -0.1) is 11.3 Å². The summed E-state index contributed by atoms with van der Waals surface area (Å²) in [6.45, 7) is 11.1. The molecule has 0 radical (unpaired) electrons. The fourth-order valence-electron chi connectivity index (χ4n) is 1.95. The summed E-state index contributed by atoms with van der Waals surface area (Å²) in [7, 11) is 0. The maximum absolute atomic E-state index is 5.79. The SMILES string of the molecule is Cc1nc(COc2ccc(CNCC(C)C)cc2)sc1C. The van der Waals surface area contributed by atoms with Gasteiger partial charge in [0.25, 0.3) is 0 Å². The average molecular weight is 304 g/mol. The van der Waals surface area contributed by atoms with Crippen LogP contribution >= 0.6 is 11.3 Å². The van der Waals surface area contributed by atoms with Crippen LogP contribution in [-0.2, 0) is 13.2 Å². The number of nitrogens with one attached hydrogen (secondary N) is 1. The van der Waals surface area contributed by atoms with Crippen molar-refractivity contribution in [3.63, 3.8) is 0 Å². The number of nitrogens with zero attached hydrogens (tertiary/aromatic N) is 1. The molecule has 1 heterocycles. The minimum Gasteiger partial charge on any atom is -0.486 e. The summed E-state index contributed by atoms with van der Waals surface area (Å²) in [4.78, 5) is 5.75. The van der Waals surface area contributed by atoms with Gasteiger partial charge in [0, 0.05) is 11.4 Å². The lowest BCUT2D eigenvalue weighted by molar-refractivity contribution is 0.305. The predicted octanol–water partition coefficient (Wildman–Crippen LogP) is 4.08. The molecule has 21 heavy (non-hydrogen) atoms. The number of aromatic nitrogens is 1. The van der Waals surface area contributed by atoms with Crippen LogP contribution in [0.2, 0.25) is 0 Å². The monoisotopic (exact) mass is 304 g/mol. The molecule has 0 spiro atoms. The largest absolute Gasteiger partial charge is 0.486 e. The Hall–Kier alpha value is -1.39. The summed E-state index contributed by atoms with van der Waals surface area (Å²) in [5.74, 6) is 1.57. The second kappa shape index (κ2) is 7.57. The second-order valence-corrected chi connectivity index (χ2v) is 6.99. The van der Waals surface area contributed by atoms with Gasteiger partial charge in [0.1, 0.15) is 17.4 Å². The first-order valence-corrected chi connectivity index (χ1v) is 8.21. The Bertz CT molecular complexity index is 541. The molecular formula is C17H24N2OS. The molecule has 0 saturated carbocycles. The van der Waals surface area contributed by atoms with Crippen LogP contribution in [0.4, 0.5) is 0 Å². The van der Waals surface area contributed by atoms with E-state index in [0.29, 0.717) is 12.5 Å². The van der Waals surface area contributed by atoms with E-state index in [-0.39, 0.29) is 0 Å². The Balaban J connectivity index is 1.82. The number of benzene rings is 1. The summed E-state index contributed by atoms with van der Waals surface area (Å²) in [6.07, 6.45) is 0. The summed E-state index contributed by atoms with van der Waals surface area (Å²) < 4.78 is 5.79. The Morgan fingerprint density at radius 1 is 1.19 bits per heavy atom. The molecule has 0 bridgehead atoms. The van der Waals surface area contributed by atoms with Crippen molar-refractivity contribution in [3.8, 4) is 5.75 Å². The van der Waals surface area contributed by atoms with Gasteiger partial charge >= 0.3 is 0 Å². The minimum absolute atomic E-state index is 0.546. The molecule has 1 aromatic heterocycles. The summed E-state index contributed by atoms with van der Waals surface area (Å²) in [5.41, 5.74) is 2.38. The standard InChI is InChI=1S/C17H24N2OS/c1-12(2)9-18-10-15-5-7-16(8-6-15)20-11-17-19-13(3)14(4)21-17/h5-8,12,18H,9-11H2,1-4H3. The molecule has 0 aliphatic rings. The second-order valence-electron chi connectivity index (χ2n) is 5.71. The number of aryl methyl sites for hydroxylation is 2. The van der Waals surface area contributed by atoms with Gasteiger partial charge in [-0.05, 0) is 44.0 Å². The molecule has 0 amide bonds. The molecule has 0 unspecified atom stereocenters. The first kappa shape index (κ1) is 16.0. The van der Waals surface area contributed by atoms with Crippen LogP contribution in [0.25, 0.3) is 0 Å². The fourth-order valence-corrected chi connectivity index (χ4v) is 2.80. The molecule has 0 aliphatic carbocycles. The van der Waals surface area contributed by atoms with E-state index in [9.17, 15) is 0 Å². The number of hydrogen-bond donors (Lipinski definition) is 1. The zero-order valence-electron chi connectivity index (χ0n) is 13.3. The molecule has 2 aromatic rings. The third kappa shape index (κ3) is 5.14. The summed E-state index contributed by atoms with van der Waals surface area (Å²) in [5, 5.41) is 4.47. The molecule has 1 aromatic carbocycles. The lowest BCUT2D eigenvalue weighted by Crippen LogP contribution is -2.18. The molecule has 2 rings (SSSR count). The van der Waals surface area contributed by atoms with Crippen molar-refractivity contribution in [1.29, 1.82) is 0 Å². The van der Waals surface area contributed by atoms with Crippen LogP contribution in [0.5, 0.6) is 5.75 Å². The molecule has 0 atom stereocenters. The van der Waals surface area contributed by atoms with Crippen molar-refractivity contribution >= 4 is 11.3 Å². The van der Waals surface area contributed by atoms with Gasteiger partial charge in [-0.1, -0.05) is 26.0 Å². The van der Waals surface area contributed by atoms with Crippen molar-refractivity contribution in [2.75, 3.05) is 6.54 Å². The zero-order chi connectivity index (χ0) is 15.2. The highest BCUT2D eigenvalue weighted by atomic mass is 32.1. The van der Waals surface area contributed by atoms with E-state index in [1.165, 1.54) is 10.4 Å². The normalized spacial score (nSPS) is 11.1. The first-order chi connectivity index (χ1) is 10.0. The molecule has 0 saturated heterocycles. The van der Waals surface area contributed by atoms with Crippen molar-refractivity contribution < 1.29 is 4.74 Å². The average Bonchev–Trinajstić information content (AvgIpc) is 2.77.